The maximum atomic E-state index is 13.7. The number of fused-ring (bicyclic) bond motifs is 3. The quantitative estimate of drug-likeness (QED) is 0.689. The minimum absolute atomic E-state index is 0.0450. The van der Waals surface area contributed by atoms with Crippen molar-refractivity contribution >= 4 is 16.8 Å². The molecule has 29 heavy (non-hydrogen) atoms. The Balaban J connectivity index is 1.57. The number of nitrogens with one attached hydrogen (secondary N) is 2. The van der Waals surface area contributed by atoms with Crippen LogP contribution in [0.25, 0.3) is 10.9 Å². The summed E-state index contributed by atoms with van der Waals surface area (Å²) in [6.07, 6.45) is 2.25. The van der Waals surface area contributed by atoms with Gasteiger partial charge in [0.1, 0.15) is 5.82 Å². The lowest BCUT2D eigenvalue weighted by Gasteiger charge is -2.24. The highest BCUT2D eigenvalue weighted by Gasteiger charge is 2.25. The molecule has 1 amide bonds. The number of aryl methyl sites for hydroxylation is 1. The van der Waals surface area contributed by atoms with Gasteiger partial charge in [-0.2, -0.15) is 0 Å². The number of methoxy groups -OCH3 is 3. The van der Waals surface area contributed by atoms with Crippen LogP contribution in [0.1, 0.15) is 28.0 Å². The Morgan fingerprint density at radius 2 is 1.83 bits per heavy atom. The Bertz CT molecular complexity index is 1050. The number of carbonyl (C=O) groups excluding carboxylic acids is 1. The molecule has 6 nitrogen and oxygen atoms in total. The fourth-order valence-corrected chi connectivity index (χ4v) is 3.99. The topological polar surface area (TPSA) is 72.6 Å². The third kappa shape index (κ3) is 3.48. The summed E-state index contributed by atoms with van der Waals surface area (Å²) < 4.78 is 29.7. The van der Waals surface area contributed by atoms with Crippen LogP contribution in [0.3, 0.4) is 0 Å². The molecular weight excluding hydrogens is 375 g/mol. The minimum atomic E-state index is -0.261. The number of aromatic nitrogens is 1. The Labute approximate surface area is 168 Å². The van der Waals surface area contributed by atoms with Crippen molar-refractivity contribution in [2.24, 2.45) is 0 Å². The van der Waals surface area contributed by atoms with Gasteiger partial charge in [0, 0.05) is 28.2 Å². The molecule has 1 unspecified atom stereocenters. The number of aromatic amines is 1. The lowest BCUT2D eigenvalue weighted by molar-refractivity contribution is 0.0933. The number of H-pyrrole nitrogens is 1. The van der Waals surface area contributed by atoms with Crippen molar-refractivity contribution in [3.63, 3.8) is 0 Å². The third-order valence-corrected chi connectivity index (χ3v) is 5.41. The molecule has 0 saturated carbocycles. The third-order valence-electron chi connectivity index (χ3n) is 5.41. The molecule has 0 radical (unpaired) electrons. The second-order valence-electron chi connectivity index (χ2n) is 7.10. The SMILES string of the molecule is COc1cc(C(=O)NC2CCc3[nH]c4ccc(F)cc4c3C2)cc(OC)c1OC. The zero-order valence-electron chi connectivity index (χ0n) is 16.6. The summed E-state index contributed by atoms with van der Waals surface area (Å²) in [5.74, 6) is 0.811. The van der Waals surface area contributed by atoms with E-state index in [9.17, 15) is 9.18 Å². The molecule has 1 atom stereocenters. The monoisotopic (exact) mass is 398 g/mol. The molecule has 0 aliphatic heterocycles. The van der Waals surface area contributed by atoms with Crippen LogP contribution >= 0.6 is 0 Å². The fraction of sp³-hybridized carbons (Fsp3) is 0.318. The molecule has 1 aliphatic rings. The fourth-order valence-electron chi connectivity index (χ4n) is 3.99. The largest absolute Gasteiger partial charge is 0.493 e. The Morgan fingerprint density at radius 3 is 2.48 bits per heavy atom. The summed E-state index contributed by atoms with van der Waals surface area (Å²) in [6.45, 7) is 0. The molecule has 0 fully saturated rings. The first-order valence-electron chi connectivity index (χ1n) is 9.44. The Kier molecular flexibility index (Phi) is 5.05. The molecule has 7 heteroatoms. The first-order chi connectivity index (χ1) is 14.0. The molecule has 3 aromatic rings. The average molecular weight is 398 g/mol. The standard InChI is InChI=1S/C22H23FN2O4/c1-27-19-8-12(9-20(28-2)21(19)29-3)22(26)24-14-5-7-18-16(11-14)15-10-13(23)4-6-17(15)25-18/h4,6,8-10,14,25H,5,7,11H2,1-3H3,(H,24,26). The predicted octanol–water partition coefficient (Wildman–Crippen LogP) is 3.62. The van der Waals surface area contributed by atoms with Crippen LogP contribution in [0.2, 0.25) is 0 Å². The van der Waals surface area contributed by atoms with Gasteiger partial charge in [-0.05, 0) is 55.2 Å². The van der Waals surface area contributed by atoms with E-state index in [-0.39, 0.29) is 17.8 Å². The van der Waals surface area contributed by atoms with E-state index < -0.39 is 0 Å². The molecule has 4 rings (SSSR count). The Hall–Kier alpha value is -3.22. The molecule has 0 saturated heterocycles. The second kappa shape index (κ2) is 7.66. The van der Waals surface area contributed by atoms with Crippen LogP contribution in [-0.2, 0) is 12.8 Å². The summed E-state index contributed by atoms with van der Waals surface area (Å²) in [6, 6.07) is 7.98. The number of hydrogen-bond acceptors (Lipinski definition) is 4. The van der Waals surface area contributed by atoms with E-state index in [1.54, 1.807) is 24.3 Å². The molecule has 1 aromatic heterocycles. The van der Waals surface area contributed by atoms with Gasteiger partial charge in [0.2, 0.25) is 5.75 Å². The van der Waals surface area contributed by atoms with Gasteiger partial charge in [-0.1, -0.05) is 0 Å². The van der Waals surface area contributed by atoms with Gasteiger partial charge in [0.05, 0.1) is 21.3 Å². The van der Waals surface area contributed by atoms with Crippen molar-refractivity contribution in [3.05, 3.63) is 53.0 Å². The highest BCUT2D eigenvalue weighted by molar-refractivity contribution is 5.96. The van der Waals surface area contributed by atoms with Crippen molar-refractivity contribution in [1.29, 1.82) is 0 Å². The summed E-state index contributed by atoms with van der Waals surface area (Å²) in [7, 11) is 4.54. The highest BCUT2D eigenvalue weighted by atomic mass is 19.1. The van der Waals surface area contributed by atoms with E-state index in [2.05, 4.69) is 10.3 Å². The van der Waals surface area contributed by atoms with Gasteiger partial charge in [0.25, 0.3) is 5.91 Å². The van der Waals surface area contributed by atoms with Crippen LogP contribution in [0.5, 0.6) is 17.2 Å². The van der Waals surface area contributed by atoms with Crippen LogP contribution in [0, 0.1) is 5.82 Å². The van der Waals surface area contributed by atoms with Crippen molar-refractivity contribution in [1.82, 2.24) is 10.3 Å². The zero-order valence-corrected chi connectivity index (χ0v) is 16.6. The van der Waals surface area contributed by atoms with Gasteiger partial charge in [0.15, 0.2) is 11.5 Å². The normalized spacial score (nSPS) is 15.7. The van der Waals surface area contributed by atoms with E-state index in [4.69, 9.17) is 14.2 Å². The summed E-state index contributed by atoms with van der Waals surface area (Å²) in [5.41, 5.74) is 3.54. The van der Waals surface area contributed by atoms with Gasteiger partial charge in [-0.15, -0.1) is 0 Å². The first-order valence-corrected chi connectivity index (χ1v) is 9.44. The van der Waals surface area contributed by atoms with Gasteiger partial charge < -0.3 is 24.5 Å². The zero-order chi connectivity index (χ0) is 20.5. The highest BCUT2D eigenvalue weighted by Crippen LogP contribution is 2.38. The average Bonchev–Trinajstić information content (AvgIpc) is 3.09. The summed E-state index contributed by atoms with van der Waals surface area (Å²) >= 11 is 0. The van der Waals surface area contributed by atoms with Gasteiger partial charge in [-0.3, -0.25) is 4.79 Å². The number of rotatable bonds is 5. The van der Waals surface area contributed by atoms with Crippen molar-refractivity contribution in [2.75, 3.05) is 21.3 Å². The summed E-state index contributed by atoms with van der Waals surface area (Å²) in [4.78, 5) is 16.3. The summed E-state index contributed by atoms with van der Waals surface area (Å²) in [5, 5.41) is 3.97. The lowest BCUT2D eigenvalue weighted by atomic mass is 9.91. The molecule has 2 aromatic carbocycles. The van der Waals surface area contributed by atoms with Crippen molar-refractivity contribution < 1.29 is 23.4 Å². The van der Waals surface area contributed by atoms with Crippen molar-refractivity contribution in [2.45, 2.75) is 25.3 Å². The number of carbonyl (C=O) groups is 1. The van der Waals surface area contributed by atoms with E-state index >= 15 is 0 Å². The van der Waals surface area contributed by atoms with Crippen LogP contribution in [0.4, 0.5) is 4.39 Å². The van der Waals surface area contributed by atoms with Crippen molar-refractivity contribution in [3.8, 4) is 17.2 Å². The van der Waals surface area contributed by atoms with Gasteiger partial charge in [-0.25, -0.2) is 4.39 Å². The second-order valence-corrected chi connectivity index (χ2v) is 7.10. The molecule has 1 aliphatic carbocycles. The van der Waals surface area contributed by atoms with E-state index in [0.29, 0.717) is 29.2 Å². The van der Waals surface area contributed by atoms with Crippen LogP contribution in [0.15, 0.2) is 30.3 Å². The molecule has 0 spiro atoms. The van der Waals surface area contributed by atoms with E-state index in [1.807, 2.05) is 0 Å². The molecule has 2 N–H and O–H groups in total. The molecular formula is C22H23FN2O4. The van der Waals surface area contributed by atoms with E-state index in [1.165, 1.54) is 27.4 Å². The smallest absolute Gasteiger partial charge is 0.251 e. The maximum absolute atomic E-state index is 13.7. The maximum Gasteiger partial charge on any atom is 0.251 e. The number of ether oxygens (including phenoxy) is 3. The minimum Gasteiger partial charge on any atom is -0.493 e. The molecule has 152 valence electrons. The number of halogens is 1. The first kappa shape index (κ1) is 19.1. The van der Waals surface area contributed by atoms with Crippen LogP contribution < -0.4 is 19.5 Å². The lowest BCUT2D eigenvalue weighted by Crippen LogP contribution is -2.38. The van der Waals surface area contributed by atoms with Crippen LogP contribution in [-0.4, -0.2) is 38.3 Å². The number of benzene rings is 2. The predicted molar refractivity (Wildman–Crippen MR) is 108 cm³/mol. The number of hydrogen-bond donors (Lipinski definition) is 2. The Morgan fingerprint density at radius 1 is 1.10 bits per heavy atom. The van der Waals surface area contributed by atoms with E-state index in [0.717, 1.165) is 35.0 Å². The van der Waals surface area contributed by atoms with Gasteiger partial charge >= 0.3 is 0 Å². The number of amides is 1. The molecule has 1 heterocycles. The molecule has 0 bridgehead atoms.